The number of para-hydroxylation sites is 1. The van der Waals surface area contributed by atoms with E-state index in [0.717, 1.165) is 23.4 Å². The van der Waals surface area contributed by atoms with E-state index in [1.54, 1.807) is 12.1 Å². The van der Waals surface area contributed by atoms with E-state index in [1.807, 2.05) is 30.3 Å². The molecule has 0 fully saturated rings. The van der Waals surface area contributed by atoms with Gasteiger partial charge in [-0.15, -0.1) is 10.2 Å². The number of anilines is 1. The van der Waals surface area contributed by atoms with Gasteiger partial charge in [0.2, 0.25) is 11.8 Å². The average Bonchev–Trinajstić information content (AvgIpc) is 3.51. The van der Waals surface area contributed by atoms with Crippen molar-refractivity contribution in [3.05, 3.63) is 114 Å². The fraction of sp³-hybridized carbons (Fsp3) is 0.103. The largest absolute Gasteiger partial charge is 0.418 e. The molecule has 0 radical (unpaired) electrons. The third-order valence-corrected chi connectivity index (χ3v) is 6.31. The van der Waals surface area contributed by atoms with Gasteiger partial charge in [-0.05, 0) is 61.0 Å². The molecular weight excluding hydrogens is 439 g/mol. The lowest BCUT2D eigenvalue weighted by molar-refractivity contribution is 0.494. The Morgan fingerprint density at radius 2 is 1.57 bits per heavy atom. The Kier molecular flexibility index (Phi) is 5.26. The number of fused-ring (bicyclic) bond motifs is 3. The van der Waals surface area contributed by atoms with Crippen molar-refractivity contribution in [2.75, 3.05) is 5.32 Å². The minimum Gasteiger partial charge on any atom is -0.418 e. The first-order valence-corrected chi connectivity index (χ1v) is 11.6. The molecule has 2 aromatic heterocycles. The van der Waals surface area contributed by atoms with Crippen molar-refractivity contribution in [1.82, 2.24) is 14.8 Å². The van der Waals surface area contributed by atoms with Gasteiger partial charge in [-0.2, -0.15) is 0 Å². The zero-order chi connectivity index (χ0) is 23.8. The van der Waals surface area contributed by atoms with E-state index < -0.39 is 6.04 Å². The first-order chi connectivity index (χ1) is 17.2. The normalized spacial score (nSPS) is 12.3. The zero-order valence-electron chi connectivity index (χ0n) is 19.1. The molecule has 6 rings (SSSR count). The van der Waals surface area contributed by atoms with Gasteiger partial charge < -0.3 is 14.3 Å². The maximum absolute atomic E-state index is 13.7. The topological polar surface area (TPSA) is 55.9 Å². The highest BCUT2D eigenvalue weighted by atomic mass is 19.1. The van der Waals surface area contributed by atoms with Crippen LogP contribution in [0.5, 0.6) is 0 Å². The molecule has 6 aromatic rings. The van der Waals surface area contributed by atoms with E-state index in [9.17, 15) is 4.39 Å². The van der Waals surface area contributed by atoms with Crippen LogP contribution in [0.4, 0.5) is 10.1 Å². The van der Waals surface area contributed by atoms with Gasteiger partial charge in [-0.3, -0.25) is 0 Å². The lowest BCUT2D eigenvalue weighted by atomic mass is 10.1. The molecular formula is C29H23FN4O. The lowest BCUT2D eigenvalue weighted by Crippen LogP contribution is -2.13. The van der Waals surface area contributed by atoms with Crippen molar-refractivity contribution in [3.63, 3.8) is 0 Å². The molecule has 0 amide bonds. The van der Waals surface area contributed by atoms with Crippen molar-refractivity contribution in [2.45, 2.75) is 19.5 Å². The summed E-state index contributed by atoms with van der Waals surface area (Å²) in [6.45, 7) is 3.04. The van der Waals surface area contributed by atoms with E-state index in [1.165, 1.54) is 33.9 Å². The van der Waals surface area contributed by atoms with E-state index in [0.29, 0.717) is 11.8 Å². The third kappa shape index (κ3) is 3.83. The molecule has 6 heteroatoms. The van der Waals surface area contributed by atoms with Gasteiger partial charge in [0.15, 0.2) is 0 Å². The van der Waals surface area contributed by atoms with Gasteiger partial charge in [-0.1, -0.05) is 48.5 Å². The van der Waals surface area contributed by atoms with E-state index in [2.05, 4.69) is 69.5 Å². The second-order valence-electron chi connectivity index (χ2n) is 8.43. The quantitative estimate of drug-likeness (QED) is 0.284. The summed E-state index contributed by atoms with van der Waals surface area (Å²) in [6.07, 6.45) is 0. The molecule has 4 aromatic carbocycles. The minimum absolute atomic E-state index is 0.295. The van der Waals surface area contributed by atoms with Crippen LogP contribution in [0, 0.1) is 5.82 Å². The van der Waals surface area contributed by atoms with Crippen LogP contribution in [0.25, 0.3) is 33.3 Å². The number of halogens is 1. The van der Waals surface area contributed by atoms with Crippen molar-refractivity contribution in [1.29, 1.82) is 0 Å². The molecule has 172 valence electrons. The van der Waals surface area contributed by atoms with Crippen LogP contribution < -0.4 is 5.32 Å². The monoisotopic (exact) mass is 462 g/mol. The average molecular weight is 463 g/mol. The number of aromatic nitrogens is 3. The molecule has 0 aliphatic heterocycles. The Labute approximate surface area is 201 Å². The van der Waals surface area contributed by atoms with Gasteiger partial charge in [-0.25, -0.2) is 4.39 Å². The lowest BCUT2D eigenvalue weighted by Gasteiger charge is -2.17. The number of hydrogen-bond acceptors (Lipinski definition) is 4. The summed E-state index contributed by atoms with van der Waals surface area (Å²) in [5.74, 6) is 0.555. The smallest absolute Gasteiger partial charge is 0.247 e. The van der Waals surface area contributed by atoms with E-state index in [4.69, 9.17) is 4.42 Å². The Morgan fingerprint density at radius 3 is 2.37 bits per heavy atom. The number of hydrogen-bond donors (Lipinski definition) is 1. The summed E-state index contributed by atoms with van der Waals surface area (Å²) in [7, 11) is 0. The van der Waals surface area contributed by atoms with Crippen LogP contribution >= 0.6 is 0 Å². The molecule has 35 heavy (non-hydrogen) atoms. The molecule has 0 bridgehead atoms. The number of benzene rings is 4. The molecule has 0 aliphatic carbocycles. The SMILES string of the molecule is CCn1c2ccccc2c2cc(N[C@@H](c3ccc(F)cc3)c3nnc(-c4ccccc4)o3)ccc21. The first-order valence-electron chi connectivity index (χ1n) is 11.6. The highest BCUT2D eigenvalue weighted by Crippen LogP contribution is 2.34. The van der Waals surface area contributed by atoms with E-state index >= 15 is 0 Å². The summed E-state index contributed by atoms with van der Waals surface area (Å²) in [5.41, 5.74) is 4.97. The molecule has 0 spiro atoms. The van der Waals surface area contributed by atoms with Gasteiger partial charge in [0.05, 0.1) is 0 Å². The summed E-state index contributed by atoms with van der Waals surface area (Å²) in [4.78, 5) is 0. The third-order valence-electron chi connectivity index (χ3n) is 6.31. The highest BCUT2D eigenvalue weighted by molar-refractivity contribution is 6.09. The molecule has 5 nitrogen and oxygen atoms in total. The Balaban J connectivity index is 1.43. The Bertz CT molecular complexity index is 1620. The van der Waals surface area contributed by atoms with Crippen LogP contribution in [0.2, 0.25) is 0 Å². The number of nitrogens with zero attached hydrogens (tertiary/aromatic N) is 3. The number of rotatable bonds is 6. The minimum atomic E-state index is -0.447. The highest BCUT2D eigenvalue weighted by Gasteiger charge is 2.22. The van der Waals surface area contributed by atoms with E-state index in [-0.39, 0.29) is 5.82 Å². The van der Waals surface area contributed by atoms with Gasteiger partial charge in [0.25, 0.3) is 0 Å². The predicted molar refractivity (Wildman–Crippen MR) is 137 cm³/mol. The maximum atomic E-state index is 13.7. The molecule has 0 saturated carbocycles. The van der Waals surface area contributed by atoms with Crippen molar-refractivity contribution in [2.24, 2.45) is 0 Å². The molecule has 0 aliphatic rings. The van der Waals surface area contributed by atoms with Crippen molar-refractivity contribution >= 4 is 27.5 Å². The molecule has 1 atom stereocenters. The summed E-state index contributed by atoms with van der Waals surface area (Å²) < 4.78 is 22.1. The van der Waals surface area contributed by atoms with Crippen LogP contribution in [0.15, 0.2) is 101 Å². The number of nitrogens with one attached hydrogen (secondary N) is 1. The standard InChI is InChI=1S/C29H23FN4O/c1-2-34-25-11-7-6-10-23(25)24-18-22(16-17-26(24)34)31-27(19-12-14-21(30)15-13-19)29-33-32-28(35-29)20-8-4-3-5-9-20/h3-18,27,31H,2H2,1H3/t27-/m0/s1. The fourth-order valence-electron chi connectivity index (χ4n) is 4.64. The second-order valence-corrected chi connectivity index (χ2v) is 8.43. The van der Waals surface area contributed by atoms with Gasteiger partial charge >= 0.3 is 0 Å². The Hall–Kier alpha value is -4.45. The van der Waals surface area contributed by atoms with Gasteiger partial charge in [0, 0.05) is 39.6 Å². The molecule has 1 N–H and O–H groups in total. The predicted octanol–water partition coefficient (Wildman–Crippen LogP) is 7.21. The molecule has 0 unspecified atom stereocenters. The van der Waals surface area contributed by atoms with Crippen molar-refractivity contribution < 1.29 is 8.81 Å². The fourth-order valence-corrected chi connectivity index (χ4v) is 4.64. The summed E-state index contributed by atoms with van der Waals surface area (Å²) in [6, 6.07) is 30.3. The van der Waals surface area contributed by atoms with Crippen LogP contribution in [0.1, 0.15) is 24.4 Å². The van der Waals surface area contributed by atoms with Crippen LogP contribution in [-0.2, 0) is 6.54 Å². The molecule has 0 saturated heterocycles. The van der Waals surface area contributed by atoms with Crippen LogP contribution in [-0.4, -0.2) is 14.8 Å². The molecule has 2 heterocycles. The van der Waals surface area contributed by atoms with Gasteiger partial charge in [0.1, 0.15) is 11.9 Å². The first kappa shape index (κ1) is 21.1. The summed E-state index contributed by atoms with van der Waals surface area (Å²) in [5, 5.41) is 14.5. The number of aryl methyl sites for hydroxylation is 1. The summed E-state index contributed by atoms with van der Waals surface area (Å²) >= 11 is 0. The second kappa shape index (κ2) is 8.72. The van der Waals surface area contributed by atoms with Crippen LogP contribution in [0.3, 0.4) is 0 Å². The zero-order valence-corrected chi connectivity index (χ0v) is 19.1. The van der Waals surface area contributed by atoms with Crippen molar-refractivity contribution in [3.8, 4) is 11.5 Å². The Morgan fingerprint density at radius 1 is 0.829 bits per heavy atom. The maximum Gasteiger partial charge on any atom is 0.247 e.